The van der Waals surface area contributed by atoms with Crippen molar-refractivity contribution in [2.24, 2.45) is 0 Å². The van der Waals surface area contributed by atoms with Crippen LogP contribution in [-0.4, -0.2) is 12.1 Å². The molecule has 0 spiro atoms. The second-order valence-electron chi connectivity index (χ2n) is 5.22. The third-order valence-electron chi connectivity index (χ3n) is 3.44. The fourth-order valence-corrected chi connectivity index (χ4v) is 3.48. The molecule has 1 aliphatic rings. The van der Waals surface area contributed by atoms with Gasteiger partial charge in [-0.2, -0.15) is 0 Å². The van der Waals surface area contributed by atoms with Crippen LogP contribution in [0, 0.1) is 0 Å². The van der Waals surface area contributed by atoms with Gasteiger partial charge in [0.15, 0.2) is 0 Å². The molecule has 0 saturated heterocycles. The minimum Gasteiger partial charge on any atom is -0.459 e. The molecule has 0 radical (unpaired) electrons. The Morgan fingerprint density at radius 3 is 2.67 bits per heavy atom. The number of esters is 1. The van der Waals surface area contributed by atoms with Crippen molar-refractivity contribution in [3.05, 3.63) is 16.5 Å². The number of anilines is 1. The molecule has 1 aromatic rings. The fourth-order valence-electron chi connectivity index (χ4n) is 2.59. The molecule has 4 heteroatoms. The van der Waals surface area contributed by atoms with Crippen molar-refractivity contribution >= 4 is 22.3 Å². The molecular formula is C14H21NO2S. The molecule has 100 valence electrons. The standard InChI is InChI=1S/C14H21NO2S/c1-9(2)17-14(16)12-11(8-18-13(12)15)10-6-4-3-5-7-10/h8-10H,3-7,15H2,1-2H3. The summed E-state index contributed by atoms with van der Waals surface area (Å²) in [4.78, 5) is 12.1. The van der Waals surface area contributed by atoms with Crippen molar-refractivity contribution in [2.75, 3.05) is 5.73 Å². The van der Waals surface area contributed by atoms with E-state index in [1.165, 1.54) is 30.6 Å². The summed E-state index contributed by atoms with van der Waals surface area (Å²) in [6.45, 7) is 3.72. The summed E-state index contributed by atoms with van der Waals surface area (Å²) in [6, 6.07) is 0. The van der Waals surface area contributed by atoms with Gasteiger partial charge in [-0.3, -0.25) is 0 Å². The van der Waals surface area contributed by atoms with E-state index in [0.29, 0.717) is 16.5 Å². The lowest BCUT2D eigenvalue weighted by Crippen LogP contribution is -2.16. The maximum atomic E-state index is 12.1. The van der Waals surface area contributed by atoms with Crippen molar-refractivity contribution in [3.8, 4) is 0 Å². The van der Waals surface area contributed by atoms with Gasteiger partial charge in [-0.25, -0.2) is 4.79 Å². The number of carbonyl (C=O) groups excluding carboxylic acids is 1. The van der Waals surface area contributed by atoms with Crippen LogP contribution < -0.4 is 5.73 Å². The van der Waals surface area contributed by atoms with E-state index in [1.54, 1.807) is 0 Å². The zero-order valence-electron chi connectivity index (χ0n) is 11.1. The largest absolute Gasteiger partial charge is 0.459 e. The summed E-state index contributed by atoms with van der Waals surface area (Å²) >= 11 is 1.46. The number of thiophene rings is 1. The molecule has 1 aromatic heterocycles. The van der Waals surface area contributed by atoms with E-state index in [-0.39, 0.29) is 12.1 Å². The van der Waals surface area contributed by atoms with Gasteiger partial charge in [0, 0.05) is 0 Å². The second kappa shape index (κ2) is 5.74. The van der Waals surface area contributed by atoms with Gasteiger partial charge in [-0.15, -0.1) is 11.3 Å². The average Bonchev–Trinajstić information content (AvgIpc) is 2.71. The first-order valence-corrected chi connectivity index (χ1v) is 7.55. The zero-order valence-corrected chi connectivity index (χ0v) is 11.9. The molecule has 0 bridgehead atoms. The molecule has 1 saturated carbocycles. The lowest BCUT2D eigenvalue weighted by molar-refractivity contribution is 0.0377. The molecule has 0 amide bonds. The maximum absolute atomic E-state index is 12.1. The Kier molecular flexibility index (Phi) is 4.27. The first kappa shape index (κ1) is 13.4. The summed E-state index contributed by atoms with van der Waals surface area (Å²) < 4.78 is 5.29. The van der Waals surface area contributed by atoms with Gasteiger partial charge in [-0.05, 0) is 43.6 Å². The van der Waals surface area contributed by atoms with Crippen molar-refractivity contribution in [3.63, 3.8) is 0 Å². The van der Waals surface area contributed by atoms with Gasteiger partial charge < -0.3 is 10.5 Å². The number of rotatable bonds is 3. The Balaban J connectivity index is 2.23. The van der Waals surface area contributed by atoms with Crippen LogP contribution in [0.25, 0.3) is 0 Å². The van der Waals surface area contributed by atoms with Crippen LogP contribution in [0.2, 0.25) is 0 Å². The highest BCUT2D eigenvalue weighted by atomic mass is 32.1. The molecule has 0 aliphatic heterocycles. The number of hydrogen-bond acceptors (Lipinski definition) is 4. The molecule has 0 unspecified atom stereocenters. The molecule has 0 atom stereocenters. The van der Waals surface area contributed by atoms with E-state index >= 15 is 0 Å². The van der Waals surface area contributed by atoms with Gasteiger partial charge in [0.1, 0.15) is 5.00 Å². The highest BCUT2D eigenvalue weighted by Gasteiger charge is 2.26. The number of nitrogen functional groups attached to an aromatic ring is 1. The van der Waals surface area contributed by atoms with Crippen LogP contribution >= 0.6 is 11.3 Å². The van der Waals surface area contributed by atoms with Crippen molar-refractivity contribution in [1.29, 1.82) is 0 Å². The predicted molar refractivity (Wildman–Crippen MR) is 75.1 cm³/mol. The smallest absolute Gasteiger partial charge is 0.341 e. The third kappa shape index (κ3) is 2.86. The maximum Gasteiger partial charge on any atom is 0.341 e. The Labute approximate surface area is 112 Å². The van der Waals surface area contributed by atoms with Crippen LogP contribution in [-0.2, 0) is 4.74 Å². The molecule has 2 N–H and O–H groups in total. The van der Waals surface area contributed by atoms with E-state index in [1.807, 2.05) is 19.2 Å². The lowest BCUT2D eigenvalue weighted by atomic mass is 9.83. The van der Waals surface area contributed by atoms with Crippen LogP contribution in [0.3, 0.4) is 0 Å². The van der Waals surface area contributed by atoms with E-state index in [9.17, 15) is 4.79 Å². The van der Waals surface area contributed by atoms with Gasteiger partial charge in [0.05, 0.1) is 11.7 Å². The molecule has 1 heterocycles. The monoisotopic (exact) mass is 267 g/mol. The molecule has 2 rings (SSSR count). The van der Waals surface area contributed by atoms with Crippen molar-refractivity contribution < 1.29 is 9.53 Å². The predicted octanol–water partition coefficient (Wildman–Crippen LogP) is 3.94. The molecular weight excluding hydrogens is 246 g/mol. The van der Waals surface area contributed by atoms with E-state index in [4.69, 9.17) is 10.5 Å². The Bertz CT molecular complexity index is 419. The quantitative estimate of drug-likeness (QED) is 0.844. The number of carbonyl (C=O) groups is 1. The minimum atomic E-state index is -0.260. The Hall–Kier alpha value is -1.03. The number of hydrogen-bond donors (Lipinski definition) is 1. The third-order valence-corrected chi connectivity index (χ3v) is 4.27. The van der Waals surface area contributed by atoms with Gasteiger partial charge >= 0.3 is 5.97 Å². The van der Waals surface area contributed by atoms with Gasteiger partial charge in [-0.1, -0.05) is 19.3 Å². The van der Waals surface area contributed by atoms with Crippen LogP contribution in [0.4, 0.5) is 5.00 Å². The molecule has 18 heavy (non-hydrogen) atoms. The number of ether oxygens (including phenoxy) is 1. The van der Waals surface area contributed by atoms with Crippen molar-refractivity contribution in [1.82, 2.24) is 0 Å². The molecule has 3 nitrogen and oxygen atoms in total. The molecule has 1 aliphatic carbocycles. The number of nitrogens with two attached hydrogens (primary N) is 1. The van der Waals surface area contributed by atoms with E-state index < -0.39 is 0 Å². The summed E-state index contributed by atoms with van der Waals surface area (Å²) in [5, 5.41) is 2.64. The molecule has 0 aromatic carbocycles. The van der Waals surface area contributed by atoms with Crippen molar-refractivity contribution in [2.45, 2.75) is 58.0 Å². The Morgan fingerprint density at radius 1 is 1.39 bits per heavy atom. The summed E-state index contributed by atoms with van der Waals surface area (Å²) in [7, 11) is 0. The van der Waals surface area contributed by atoms with Crippen LogP contribution in [0.15, 0.2) is 5.38 Å². The van der Waals surface area contributed by atoms with Crippen LogP contribution in [0.5, 0.6) is 0 Å². The summed E-state index contributed by atoms with van der Waals surface area (Å²) in [5.74, 6) is 0.228. The average molecular weight is 267 g/mol. The highest BCUT2D eigenvalue weighted by Crippen LogP contribution is 2.39. The molecule has 1 fully saturated rings. The van der Waals surface area contributed by atoms with Crippen LogP contribution in [0.1, 0.15) is 67.8 Å². The summed E-state index contributed by atoms with van der Waals surface area (Å²) in [5.41, 5.74) is 7.68. The Morgan fingerprint density at radius 2 is 2.06 bits per heavy atom. The zero-order chi connectivity index (χ0) is 13.1. The SMILES string of the molecule is CC(C)OC(=O)c1c(C2CCCCC2)csc1N. The van der Waals surface area contributed by atoms with E-state index in [2.05, 4.69) is 0 Å². The summed E-state index contributed by atoms with van der Waals surface area (Å²) in [6.07, 6.45) is 6.03. The minimum absolute atomic E-state index is 0.101. The van der Waals surface area contributed by atoms with Gasteiger partial charge in [0.25, 0.3) is 0 Å². The first-order chi connectivity index (χ1) is 8.59. The first-order valence-electron chi connectivity index (χ1n) is 6.67. The van der Waals surface area contributed by atoms with E-state index in [0.717, 1.165) is 18.4 Å². The second-order valence-corrected chi connectivity index (χ2v) is 6.13. The normalized spacial score (nSPS) is 17.1. The van der Waals surface area contributed by atoms with Gasteiger partial charge in [0.2, 0.25) is 0 Å². The lowest BCUT2D eigenvalue weighted by Gasteiger charge is -2.22. The highest BCUT2D eigenvalue weighted by molar-refractivity contribution is 7.14. The fraction of sp³-hybridized carbons (Fsp3) is 0.643. The topological polar surface area (TPSA) is 52.3 Å².